The van der Waals surface area contributed by atoms with Crippen molar-refractivity contribution in [2.45, 2.75) is 38.3 Å². The summed E-state index contributed by atoms with van der Waals surface area (Å²) >= 11 is 0. The third-order valence-corrected chi connectivity index (χ3v) is 3.43. The van der Waals surface area contributed by atoms with E-state index in [0.717, 1.165) is 36.9 Å². The molecule has 2 rings (SSSR count). The van der Waals surface area contributed by atoms with Crippen LogP contribution in [0.5, 0.6) is 0 Å². The summed E-state index contributed by atoms with van der Waals surface area (Å²) in [5.41, 5.74) is 2.26. The number of alkyl halides is 3. The number of ether oxygens (including phenoxy) is 1. The fourth-order valence-electron chi connectivity index (χ4n) is 2.39. The third kappa shape index (κ3) is 7.32. The van der Waals surface area contributed by atoms with Crippen molar-refractivity contribution >= 4 is 0 Å². The third-order valence-electron chi connectivity index (χ3n) is 3.43. The van der Waals surface area contributed by atoms with Gasteiger partial charge in [-0.05, 0) is 36.8 Å². The normalized spacial score (nSPS) is 11.8. The molecule has 1 aromatic heterocycles. The van der Waals surface area contributed by atoms with Crippen LogP contribution in [0.2, 0.25) is 0 Å². The van der Waals surface area contributed by atoms with Crippen molar-refractivity contribution in [1.29, 1.82) is 0 Å². The van der Waals surface area contributed by atoms with Crippen molar-refractivity contribution in [3.05, 3.63) is 53.6 Å². The van der Waals surface area contributed by atoms with Crippen molar-refractivity contribution in [2.24, 2.45) is 0 Å². The van der Waals surface area contributed by atoms with Gasteiger partial charge in [0.15, 0.2) is 0 Å². The van der Waals surface area contributed by atoms with E-state index in [4.69, 9.17) is 4.74 Å². The Hall–Kier alpha value is -1.82. The second-order valence-corrected chi connectivity index (χ2v) is 5.49. The standard InChI is InChI=1S/C17H21F3N2O/c18-17(19,20)11-15-5-1-4-14(10-15)6-2-8-23-9-3-7-16-12-21-13-22-16/h1,4-5,10,12-13H,2-3,6-9,11H2,(H,21,22). The van der Waals surface area contributed by atoms with E-state index < -0.39 is 12.6 Å². The SMILES string of the molecule is FC(F)(F)Cc1cccc(CCCOCCCc2c[nH]cn2)c1. The number of imidazole rings is 1. The van der Waals surface area contributed by atoms with E-state index in [0.29, 0.717) is 18.8 Å². The molecule has 126 valence electrons. The van der Waals surface area contributed by atoms with E-state index in [1.165, 1.54) is 6.07 Å². The summed E-state index contributed by atoms with van der Waals surface area (Å²) in [6, 6.07) is 6.69. The highest BCUT2D eigenvalue weighted by Crippen LogP contribution is 2.22. The Bertz CT molecular complexity index is 567. The molecule has 0 fully saturated rings. The summed E-state index contributed by atoms with van der Waals surface area (Å²) in [5.74, 6) is 0. The second-order valence-electron chi connectivity index (χ2n) is 5.49. The van der Waals surface area contributed by atoms with Crippen molar-refractivity contribution in [3.63, 3.8) is 0 Å². The summed E-state index contributed by atoms with van der Waals surface area (Å²) < 4.78 is 42.7. The topological polar surface area (TPSA) is 37.9 Å². The van der Waals surface area contributed by atoms with E-state index >= 15 is 0 Å². The first-order valence-corrected chi connectivity index (χ1v) is 7.73. The second kappa shape index (κ2) is 8.72. The summed E-state index contributed by atoms with van der Waals surface area (Å²) in [4.78, 5) is 7.04. The maximum atomic E-state index is 12.4. The number of H-pyrrole nitrogens is 1. The van der Waals surface area contributed by atoms with Gasteiger partial charge in [-0.2, -0.15) is 13.2 Å². The van der Waals surface area contributed by atoms with Crippen LogP contribution < -0.4 is 0 Å². The first-order valence-electron chi connectivity index (χ1n) is 7.73. The van der Waals surface area contributed by atoms with Gasteiger partial charge in [0.2, 0.25) is 0 Å². The molecule has 2 aromatic rings. The number of aromatic nitrogens is 2. The monoisotopic (exact) mass is 326 g/mol. The molecule has 0 spiro atoms. The number of hydrogen-bond acceptors (Lipinski definition) is 2. The van der Waals surface area contributed by atoms with Crippen LogP contribution in [0, 0.1) is 0 Å². The number of aromatic amines is 1. The quantitative estimate of drug-likeness (QED) is 0.705. The van der Waals surface area contributed by atoms with Gasteiger partial charge in [-0.3, -0.25) is 0 Å². The fraction of sp³-hybridized carbons (Fsp3) is 0.471. The molecule has 0 radical (unpaired) electrons. The zero-order chi connectivity index (χ0) is 16.5. The Balaban J connectivity index is 1.59. The molecule has 0 saturated heterocycles. The molecular formula is C17H21F3N2O. The highest BCUT2D eigenvalue weighted by molar-refractivity contribution is 5.24. The number of aryl methyl sites for hydroxylation is 2. The van der Waals surface area contributed by atoms with E-state index in [1.54, 1.807) is 18.5 Å². The molecule has 0 saturated carbocycles. The van der Waals surface area contributed by atoms with E-state index in [2.05, 4.69) is 9.97 Å². The molecular weight excluding hydrogens is 305 g/mol. The fourth-order valence-corrected chi connectivity index (χ4v) is 2.39. The highest BCUT2D eigenvalue weighted by Gasteiger charge is 2.27. The van der Waals surface area contributed by atoms with Gasteiger partial charge in [0, 0.05) is 19.4 Å². The van der Waals surface area contributed by atoms with Crippen LogP contribution in [-0.2, 0) is 24.0 Å². The zero-order valence-electron chi connectivity index (χ0n) is 12.9. The van der Waals surface area contributed by atoms with Crippen LogP contribution in [0.3, 0.4) is 0 Å². The number of nitrogens with one attached hydrogen (secondary N) is 1. The van der Waals surface area contributed by atoms with E-state index in [-0.39, 0.29) is 0 Å². The lowest BCUT2D eigenvalue weighted by Crippen LogP contribution is -2.11. The van der Waals surface area contributed by atoms with Gasteiger partial charge in [0.05, 0.1) is 18.4 Å². The minimum Gasteiger partial charge on any atom is -0.381 e. The Morgan fingerprint density at radius 3 is 2.48 bits per heavy atom. The average Bonchev–Trinajstić information content (AvgIpc) is 2.98. The summed E-state index contributed by atoms with van der Waals surface area (Å²) in [6.45, 7) is 1.28. The zero-order valence-corrected chi connectivity index (χ0v) is 12.9. The minimum atomic E-state index is -4.16. The summed E-state index contributed by atoms with van der Waals surface area (Å²) in [7, 11) is 0. The van der Waals surface area contributed by atoms with E-state index in [9.17, 15) is 13.2 Å². The van der Waals surface area contributed by atoms with Crippen LogP contribution in [0.25, 0.3) is 0 Å². The summed E-state index contributed by atoms with van der Waals surface area (Å²) in [5, 5.41) is 0. The van der Waals surface area contributed by atoms with Gasteiger partial charge < -0.3 is 9.72 Å². The van der Waals surface area contributed by atoms with Crippen LogP contribution >= 0.6 is 0 Å². The lowest BCUT2D eigenvalue weighted by atomic mass is 10.0. The highest BCUT2D eigenvalue weighted by atomic mass is 19.4. The Morgan fingerprint density at radius 1 is 1.04 bits per heavy atom. The summed E-state index contributed by atoms with van der Waals surface area (Å²) in [6.07, 6.45) is 1.81. The largest absolute Gasteiger partial charge is 0.393 e. The van der Waals surface area contributed by atoms with Gasteiger partial charge in [0.1, 0.15) is 0 Å². The number of hydrogen-bond donors (Lipinski definition) is 1. The van der Waals surface area contributed by atoms with Crippen LogP contribution in [0.1, 0.15) is 29.7 Å². The molecule has 1 aromatic carbocycles. The lowest BCUT2D eigenvalue weighted by Gasteiger charge is -2.08. The Morgan fingerprint density at radius 2 is 1.78 bits per heavy atom. The van der Waals surface area contributed by atoms with Crippen molar-refractivity contribution in [2.75, 3.05) is 13.2 Å². The lowest BCUT2D eigenvalue weighted by molar-refractivity contribution is -0.127. The van der Waals surface area contributed by atoms with Gasteiger partial charge in [-0.25, -0.2) is 4.98 Å². The predicted octanol–water partition coefficient (Wildman–Crippen LogP) is 4.10. The number of halogens is 3. The molecule has 0 unspecified atom stereocenters. The van der Waals surface area contributed by atoms with Gasteiger partial charge in [-0.15, -0.1) is 0 Å². The van der Waals surface area contributed by atoms with Crippen molar-refractivity contribution in [1.82, 2.24) is 9.97 Å². The molecule has 23 heavy (non-hydrogen) atoms. The van der Waals surface area contributed by atoms with E-state index in [1.807, 2.05) is 12.3 Å². The number of nitrogens with zero attached hydrogens (tertiary/aromatic N) is 1. The molecule has 1 heterocycles. The molecule has 0 atom stereocenters. The number of benzene rings is 1. The molecule has 0 amide bonds. The number of rotatable bonds is 9. The van der Waals surface area contributed by atoms with Gasteiger partial charge in [0.25, 0.3) is 0 Å². The molecule has 6 heteroatoms. The van der Waals surface area contributed by atoms with Crippen LogP contribution in [0.4, 0.5) is 13.2 Å². The Labute approximate surface area is 133 Å². The van der Waals surface area contributed by atoms with Gasteiger partial charge >= 0.3 is 6.18 Å². The molecule has 0 aliphatic heterocycles. The maximum Gasteiger partial charge on any atom is 0.393 e. The maximum absolute atomic E-state index is 12.4. The molecule has 3 nitrogen and oxygen atoms in total. The van der Waals surface area contributed by atoms with Gasteiger partial charge in [-0.1, -0.05) is 24.3 Å². The van der Waals surface area contributed by atoms with Crippen molar-refractivity contribution in [3.8, 4) is 0 Å². The molecule has 0 bridgehead atoms. The smallest absolute Gasteiger partial charge is 0.381 e. The van der Waals surface area contributed by atoms with Crippen molar-refractivity contribution < 1.29 is 17.9 Å². The Kier molecular flexibility index (Phi) is 6.65. The molecule has 0 aliphatic carbocycles. The first-order chi connectivity index (χ1) is 11.0. The van der Waals surface area contributed by atoms with Crippen LogP contribution in [0.15, 0.2) is 36.8 Å². The predicted molar refractivity (Wildman–Crippen MR) is 82.2 cm³/mol. The minimum absolute atomic E-state index is 0.315. The first kappa shape index (κ1) is 17.5. The van der Waals surface area contributed by atoms with Crippen LogP contribution in [-0.4, -0.2) is 29.4 Å². The molecule has 1 N–H and O–H groups in total. The average molecular weight is 326 g/mol. The molecule has 0 aliphatic rings.